The predicted molar refractivity (Wildman–Crippen MR) is 71.9 cm³/mol. The number of hydrogen-bond donors (Lipinski definition) is 0. The van der Waals surface area contributed by atoms with Gasteiger partial charge in [0.25, 0.3) is 0 Å². The van der Waals surface area contributed by atoms with Gasteiger partial charge in [-0.3, -0.25) is 4.79 Å². The molecule has 18 heavy (non-hydrogen) atoms. The van der Waals surface area contributed by atoms with Crippen LogP contribution in [0.4, 0.5) is 5.69 Å². The van der Waals surface area contributed by atoms with Gasteiger partial charge in [0, 0.05) is 24.3 Å². The van der Waals surface area contributed by atoms with E-state index in [0.717, 1.165) is 12.2 Å². The Morgan fingerprint density at radius 3 is 2.39 bits per heavy atom. The van der Waals surface area contributed by atoms with Gasteiger partial charge in [-0.05, 0) is 37.6 Å². The Hall–Kier alpha value is -1.36. The van der Waals surface area contributed by atoms with Gasteiger partial charge >= 0.3 is 0 Å². The van der Waals surface area contributed by atoms with Crippen molar-refractivity contribution in [1.29, 1.82) is 0 Å². The third kappa shape index (κ3) is 3.10. The Bertz CT molecular complexity index is 534. The molecule has 4 nitrogen and oxygen atoms in total. The fourth-order valence-electron chi connectivity index (χ4n) is 2.10. The molecular weight excluding hydrogens is 250 g/mol. The predicted octanol–water partition coefficient (Wildman–Crippen LogP) is 1.51. The molecule has 1 saturated heterocycles. The van der Waals surface area contributed by atoms with Crippen LogP contribution < -0.4 is 4.90 Å². The van der Waals surface area contributed by atoms with E-state index in [4.69, 9.17) is 0 Å². The van der Waals surface area contributed by atoms with Crippen molar-refractivity contribution in [2.75, 3.05) is 29.5 Å². The van der Waals surface area contributed by atoms with E-state index in [2.05, 4.69) is 4.90 Å². The van der Waals surface area contributed by atoms with Crippen LogP contribution in [0.15, 0.2) is 24.3 Å². The highest BCUT2D eigenvalue weighted by molar-refractivity contribution is 7.91. The summed E-state index contributed by atoms with van der Waals surface area (Å²) in [6.45, 7) is 2.81. The summed E-state index contributed by atoms with van der Waals surface area (Å²) in [6.07, 6.45) is 0.663. The Morgan fingerprint density at radius 2 is 1.78 bits per heavy atom. The van der Waals surface area contributed by atoms with Gasteiger partial charge in [0.15, 0.2) is 15.6 Å². The minimum absolute atomic E-state index is 0.0417. The SMILES string of the molecule is CC(=O)c1ccc(N2CCCS(=O)(=O)CC2)cc1. The van der Waals surface area contributed by atoms with Crippen molar-refractivity contribution in [2.45, 2.75) is 13.3 Å². The summed E-state index contributed by atoms with van der Waals surface area (Å²) >= 11 is 0. The highest BCUT2D eigenvalue weighted by Crippen LogP contribution is 2.18. The second kappa shape index (κ2) is 5.10. The summed E-state index contributed by atoms with van der Waals surface area (Å²) in [7, 11) is -2.88. The minimum Gasteiger partial charge on any atom is -0.370 e. The van der Waals surface area contributed by atoms with E-state index in [1.165, 1.54) is 6.92 Å². The summed E-state index contributed by atoms with van der Waals surface area (Å²) in [5.41, 5.74) is 1.67. The molecule has 98 valence electrons. The van der Waals surface area contributed by atoms with Crippen molar-refractivity contribution in [2.24, 2.45) is 0 Å². The number of Topliss-reactive ketones (excluding diaryl/α,β-unsaturated/α-hetero) is 1. The number of sulfone groups is 1. The first-order valence-electron chi connectivity index (χ1n) is 6.04. The fourth-order valence-corrected chi connectivity index (χ4v) is 3.38. The third-order valence-electron chi connectivity index (χ3n) is 3.19. The second-order valence-corrected chi connectivity index (χ2v) is 6.90. The lowest BCUT2D eigenvalue weighted by Gasteiger charge is -2.22. The Labute approximate surface area is 108 Å². The van der Waals surface area contributed by atoms with Crippen LogP contribution in [0.25, 0.3) is 0 Å². The lowest BCUT2D eigenvalue weighted by molar-refractivity contribution is 0.101. The van der Waals surface area contributed by atoms with Gasteiger partial charge in [-0.2, -0.15) is 0 Å². The maximum absolute atomic E-state index is 11.5. The number of carbonyl (C=O) groups is 1. The van der Waals surface area contributed by atoms with Crippen LogP contribution >= 0.6 is 0 Å². The average molecular weight is 267 g/mol. The fraction of sp³-hybridized carbons (Fsp3) is 0.462. The van der Waals surface area contributed by atoms with Gasteiger partial charge in [-0.15, -0.1) is 0 Å². The number of carbonyl (C=O) groups excluding carboxylic acids is 1. The molecular formula is C13H17NO3S. The van der Waals surface area contributed by atoms with E-state index >= 15 is 0 Å². The smallest absolute Gasteiger partial charge is 0.159 e. The molecule has 0 aromatic heterocycles. The van der Waals surface area contributed by atoms with Gasteiger partial charge in [-0.1, -0.05) is 0 Å². The molecule has 0 spiro atoms. The minimum atomic E-state index is -2.88. The van der Waals surface area contributed by atoms with Gasteiger partial charge in [0.05, 0.1) is 11.5 Å². The van der Waals surface area contributed by atoms with Crippen molar-refractivity contribution in [3.63, 3.8) is 0 Å². The van der Waals surface area contributed by atoms with Gasteiger partial charge in [-0.25, -0.2) is 8.42 Å². The number of benzene rings is 1. The normalized spacial score (nSPS) is 19.3. The van der Waals surface area contributed by atoms with Gasteiger partial charge < -0.3 is 4.90 Å². The molecule has 0 aliphatic carbocycles. The van der Waals surface area contributed by atoms with Crippen molar-refractivity contribution >= 4 is 21.3 Å². The summed E-state index contributed by atoms with van der Waals surface area (Å²) in [6, 6.07) is 7.34. The van der Waals surface area contributed by atoms with E-state index < -0.39 is 9.84 Å². The number of anilines is 1. The van der Waals surface area contributed by atoms with Crippen LogP contribution in [0.2, 0.25) is 0 Å². The van der Waals surface area contributed by atoms with E-state index in [-0.39, 0.29) is 17.3 Å². The molecule has 0 radical (unpaired) electrons. The summed E-state index contributed by atoms with van der Waals surface area (Å²) < 4.78 is 23.0. The summed E-state index contributed by atoms with van der Waals surface area (Å²) in [5.74, 6) is 0.524. The monoisotopic (exact) mass is 267 g/mol. The maximum atomic E-state index is 11.5. The van der Waals surface area contributed by atoms with E-state index in [1.54, 1.807) is 12.1 Å². The molecule has 1 heterocycles. The lowest BCUT2D eigenvalue weighted by atomic mass is 10.1. The van der Waals surface area contributed by atoms with E-state index in [9.17, 15) is 13.2 Å². The average Bonchev–Trinajstić information content (AvgIpc) is 2.50. The molecule has 0 amide bonds. The Kier molecular flexibility index (Phi) is 3.71. The molecule has 1 aliphatic heterocycles. The summed E-state index contributed by atoms with van der Waals surface area (Å²) in [5, 5.41) is 0. The van der Waals surface area contributed by atoms with Crippen LogP contribution in [0.1, 0.15) is 23.7 Å². The van der Waals surface area contributed by atoms with Crippen LogP contribution in [-0.2, 0) is 9.84 Å². The van der Waals surface area contributed by atoms with Crippen molar-refractivity contribution in [1.82, 2.24) is 0 Å². The molecule has 0 unspecified atom stereocenters. The van der Waals surface area contributed by atoms with E-state index in [1.807, 2.05) is 12.1 Å². The quantitative estimate of drug-likeness (QED) is 0.762. The lowest BCUT2D eigenvalue weighted by Crippen LogP contribution is -2.26. The molecule has 0 saturated carbocycles. The van der Waals surface area contributed by atoms with Crippen molar-refractivity contribution < 1.29 is 13.2 Å². The molecule has 1 aromatic carbocycles. The van der Waals surface area contributed by atoms with Crippen LogP contribution in [-0.4, -0.2) is 38.8 Å². The molecule has 1 fully saturated rings. The number of nitrogens with zero attached hydrogens (tertiary/aromatic N) is 1. The molecule has 0 bridgehead atoms. The van der Waals surface area contributed by atoms with Gasteiger partial charge in [0.2, 0.25) is 0 Å². The summed E-state index contributed by atoms with van der Waals surface area (Å²) in [4.78, 5) is 13.2. The molecule has 1 aliphatic rings. The molecule has 5 heteroatoms. The zero-order valence-corrected chi connectivity index (χ0v) is 11.2. The second-order valence-electron chi connectivity index (χ2n) is 4.60. The Balaban J connectivity index is 2.14. The van der Waals surface area contributed by atoms with E-state index in [0.29, 0.717) is 18.5 Å². The molecule has 0 N–H and O–H groups in total. The largest absolute Gasteiger partial charge is 0.370 e. The third-order valence-corrected chi connectivity index (χ3v) is 4.91. The van der Waals surface area contributed by atoms with Gasteiger partial charge in [0.1, 0.15) is 0 Å². The number of hydrogen-bond acceptors (Lipinski definition) is 4. The van der Waals surface area contributed by atoms with Crippen molar-refractivity contribution in [3.05, 3.63) is 29.8 Å². The Morgan fingerprint density at radius 1 is 1.11 bits per heavy atom. The zero-order valence-electron chi connectivity index (χ0n) is 10.4. The van der Waals surface area contributed by atoms with Crippen LogP contribution in [0, 0.1) is 0 Å². The van der Waals surface area contributed by atoms with Crippen LogP contribution in [0.5, 0.6) is 0 Å². The highest BCUT2D eigenvalue weighted by Gasteiger charge is 2.19. The molecule has 0 atom stereocenters. The standard InChI is InChI=1S/C13H17NO3S/c1-11(15)12-3-5-13(6-4-12)14-7-2-9-18(16,17)10-8-14/h3-6H,2,7-10H2,1H3. The number of ketones is 1. The maximum Gasteiger partial charge on any atom is 0.159 e. The number of rotatable bonds is 2. The first-order chi connectivity index (χ1) is 8.48. The molecule has 1 aromatic rings. The first kappa shape index (κ1) is 13.1. The van der Waals surface area contributed by atoms with Crippen molar-refractivity contribution in [3.8, 4) is 0 Å². The van der Waals surface area contributed by atoms with Crippen LogP contribution in [0.3, 0.4) is 0 Å². The molecule has 2 rings (SSSR count). The first-order valence-corrected chi connectivity index (χ1v) is 7.86. The zero-order chi connectivity index (χ0) is 13.2. The highest BCUT2D eigenvalue weighted by atomic mass is 32.2. The topological polar surface area (TPSA) is 54.5 Å².